The van der Waals surface area contributed by atoms with Gasteiger partial charge < -0.3 is 15.5 Å². The van der Waals surface area contributed by atoms with E-state index in [1.165, 1.54) is 12.8 Å². The maximum atomic E-state index is 12.4. The first-order valence-corrected chi connectivity index (χ1v) is 9.05. The van der Waals surface area contributed by atoms with Gasteiger partial charge in [0.05, 0.1) is 24.9 Å². The van der Waals surface area contributed by atoms with Crippen molar-refractivity contribution in [2.75, 3.05) is 11.9 Å². The maximum absolute atomic E-state index is 12.4. The van der Waals surface area contributed by atoms with Crippen LogP contribution in [-0.2, 0) is 0 Å². The van der Waals surface area contributed by atoms with E-state index in [1.54, 1.807) is 30.5 Å². The van der Waals surface area contributed by atoms with Gasteiger partial charge in [-0.2, -0.15) is 5.10 Å². The molecule has 1 aliphatic carbocycles. The minimum Gasteiger partial charge on any atom is -0.394 e. The van der Waals surface area contributed by atoms with E-state index in [1.807, 2.05) is 17.7 Å². The van der Waals surface area contributed by atoms with Crippen LogP contribution in [0.4, 0.5) is 10.6 Å². The Labute approximate surface area is 153 Å². The summed E-state index contributed by atoms with van der Waals surface area (Å²) in [4.78, 5) is 12.4. The molecule has 4 N–H and O–H groups in total. The molecule has 140 valence electrons. The number of hydrogen-bond acceptors (Lipinski definition) is 4. The molecule has 0 radical (unpaired) electrons. The van der Waals surface area contributed by atoms with E-state index in [4.69, 9.17) is 0 Å². The third kappa shape index (κ3) is 4.05. The lowest BCUT2D eigenvalue weighted by atomic mass is 10.0. The van der Waals surface area contributed by atoms with Crippen LogP contribution in [0.3, 0.4) is 0 Å². The van der Waals surface area contributed by atoms with Crippen molar-refractivity contribution in [2.24, 2.45) is 0 Å². The number of benzene rings is 1. The third-order valence-corrected chi connectivity index (χ3v) is 4.92. The average molecular weight is 358 g/mol. The van der Waals surface area contributed by atoms with E-state index in [0.29, 0.717) is 17.4 Å². The molecule has 0 saturated heterocycles. The van der Waals surface area contributed by atoms with Crippen LogP contribution >= 0.6 is 0 Å². The summed E-state index contributed by atoms with van der Waals surface area (Å²) < 4.78 is 1.88. The molecule has 1 fully saturated rings. The summed E-state index contributed by atoms with van der Waals surface area (Å²) in [6.45, 7) is 1.53. The Balaban J connectivity index is 1.67. The van der Waals surface area contributed by atoms with Crippen LogP contribution < -0.4 is 10.6 Å². The predicted molar refractivity (Wildman–Crippen MR) is 98.9 cm³/mol. The molecule has 2 atom stereocenters. The Hall–Kier alpha value is -2.38. The number of amides is 2. The first-order valence-electron chi connectivity index (χ1n) is 9.05. The second-order valence-corrected chi connectivity index (χ2v) is 6.80. The van der Waals surface area contributed by atoms with Gasteiger partial charge in [0.15, 0.2) is 0 Å². The fourth-order valence-corrected chi connectivity index (χ4v) is 3.45. The molecule has 0 aliphatic heterocycles. The number of nitrogens with one attached hydrogen (secondary N) is 2. The van der Waals surface area contributed by atoms with Gasteiger partial charge in [-0.05, 0) is 25.3 Å². The standard InChI is InChI=1S/C19H26N4O3/c1-13-11-20-23(15-9-5-6-10-15)18(13)22-19(26)21-16(12-24)17(25)14-7-3-2-4-8-14/h2-4,7-8,11,15-17,24-25H,5-6,9-10,12H2,1H3,(H2,21,22,26)/t16-,17-/m0/s1. The summed E-state index contributed by atoms with van der Waals surface area (Å²) in [6.07, 6.45) is 5.21. The van der Waals surface area contributed by atoms with Crippen LogP contribution in [-0.4, -0.2) is 38.7 Å². The maximum Gasteiger partial charge on any atom is 0.320 e. The number of anilines is 1. The predicted octanol–water partition coefficient (Wildman–Crippen LogP) is 2.52. The van der Waals surface area contributed by atoms with Crippen LogP contribution in [0, 0.1) is 6.92 Å². The first-order chi connectivity index (χ1) is 12.6. The van der Waals surface area contributed by atoms with Crippen LogP contribution in [0.2, 0.25) is 0 Å². The first kappa shape index (κ1) is 18.4. The summed E-state index contributed by atoms with van der Waals surface area (Å²) >= 11 is 0. The molecular weight excluding hydrogens is 332 g/mol. The van der Waals surface area contributed by atoms with Gasteiger partial charge in [0.1, 0.15) is 11.9 Å². The molecule has 1 aromatic heterocycles. The Morgan fingerprint density at radius 3 is 2.65 bits per heavy atom. The number of aromatic nitrogens is 2. The molecule has 1 heterocycles. The minimum atomic E-state index is -0.993. The molecule has 26 heavy (non-hydrogen) atoms. The Morgan fingerprint density at radius 1 is 1.31 bits per heavy atom. The van der Waals surface area contributed by atoms with E-state index in [0.717, 1.165) is 18.4 Å². The lowest BCUT2D eigenvalue weighted by Gasteiger charge is -2.23. The van der Waals surface area contributed by atoms with Crippen molar-refractivity contribution in [3.8, 4) is 0 Å². The molecule has 3 rings (SSSR count). The summed E-state index contributed by atoms with van der Waals surface area (Å²) in [5.41, 5.74) is 1.52. The fraction of sp³-hybridized carbons (Fsp3) is 0.474. The van der Waals surface area contributed by atoms with Crippen molar-refractivity contribution in [3.05, 3.63) is 47.7 Å². The summed E-state index contributed by atoms with van der Waals surface area (Å²) in [7, 11) is 0. The molecule has 2 aromatic rings. The summed E-state index contributed by atoms with van der Waals surface area (Å²) in [5, 5.41) is 29.9. The van der Waals surface area contributed by atoms with Crippen molar-refractivity contribution >= 4 is 11.8 Å². The minimum absolute atomic E-state index is 0.308. The van der Waals surface area contributed by atoms with Gasteiger partial charge in [0.2, 0.25) is 0 Å². The van der Waals surface area contributed by atoms with E-state index in [-0.39, 0.29) is 6.61 Å². The van der Waals surface area contributed by atoms with E-state index in [9.17, 15) is 15.0 Å². The van der Waals surface area contributed by atoms with E-state index >= 15 is 0 Å². The van der Waals surface area contributed by atoms with Crippen molar-refractivity contribution in [3.63, 3.8) is 0 Å². The Bertz CT molecular complexity index is 726. The van der Waals surface area contributed by atoms with Crippen LogP contribution in [0.1, 0.15) is 49.0 Å². The molecule has 1 aliphatic rings. The zero-order valence-electron chi connectivity index (χ0n) is 14.9. The smallest absolute Gasteiger partial charge is 0.320 e. The van der Waals surface area contributed by atoms with Gasteiger partial charge in [-0.3, -0.25) is 5.32 Å². The SMILES string of the molecule is Cc1cnn(C2CCCC2)c1NC(=O)N[C@@H](CO)[C@@H](O)c1ccccc1. The van der Waals surface area contributed by atoms with Gasteiger partial charge >= 0.3 is 6.03 Å². The molecule has 0 unspecified atom stereocenters. The highest BCUT2D eigenvalue weighted by atomic mass is 16.3. The van der Waals surface area contributed by atoms with Crippen LogP contribution in [0.5, 0.6) is 0 Å². The van der Waals surface area contributed by atoms with Gasteiger partial charge in [0, 0.05) is 5.56 Å². The molecule has 7 heteroatoms. The number of nitrogens with zero attached hydrogens (tertiary/aromatic N) is 2. The monoisotopic (exact) mass is 358 g/mol. The third-order valence-electron chi connectivity index (χ3n) is 4.92. The largest absolute Gasteiger partial charge is 0.394 e. The fourth-order valence-electron chi connectivity index (χ4n) is 3.45. The number of carbonyl (C=O) groups is 1. The molecule has 2 amide bonds. The molecular formula is C19H26N4O3. The zero-order valence-corrected chi connectivity index (χ0v) is 14.9. The number of hydrogen-bond donors (Lipinski definition) is 4. The summed E-state index contributed by atoms with van der Waals surface area (Å²) in [5.74, 6) is 0.667. The van der Waals surface area contributed by atoms with Crippen LogP contribution in [0.25, 0.3) is 0 Å². The van der Waals surface area contributed by atoms with Crippen molar-refractivity contribution < 1.29 is 15.0 Å². The number of rotatable bonds is 6. The molecule has 0 bridgehead atoms. The highest BCUT2D eigenvalue weighted by Gasteiger charge is 2.25. The second kappa shape index (κ2) is 8.33. The normalized spacial score (nSPS) is 17.0. The van der Waals surface area contributed by atoms with Gasteiger partial charge in [-0.1, -0.05) is 43.2 Å². The van der Waals surface area contributed by atoms with Crippen LogP contribution in [0.15, 0.2) is 36.5 Å². The molecule has 0 spiro atoms. The van der Waals surface area contributed by atoms with E-state index in [2.05, 4.69) is 15.7 Å². The average Bonchev–Trinajstić information content (AvgIpc) is 3.30. The number of aliphatic hydroxyl groups excluding tert-OH is 2. The van der Waals surface area contributed by atoms with Gasteiger partial charge in [0.25, 0.3) is 0 Å². The van der Waals surface area contributed by atoms with Gasteiger partial charge in [-0.15, -0.1) is 0 Å². The highest BCUT2D eigenvalue weighted by Crippen LogP contribution is 2.32. The van der Waals surface area contributed by atoms with E-state index < -0.39 is 18.2 Å². The van der Waals surface area contributed by atoms with Gasteiger partial charge in [-0.25, -0.2) is 9.48 Å². The lowest BCUT2D eigenvalue weighted by molar-refractivity contribution is 0.0950. The summed E-state index contributed by atoms with van der Waals surface area (Å²) in [6, 6.07) is 7.99. The Kier molecular flexibility index (Phi) is 5.90. The van der Waals surface area contributed by atoms with Crippen molar-refractivity contribution in [1.29, 1.82) is 0 Å². The highest BCUT2D eigenvalue weighted by molar-refractivity contribution is 5.89. The molecule has 1 saturated carbocycles. The lowest BCUT2D eigenvalue weighted by Crippen LogP contribution is -2.44. The number of aliphatic hydroxyl groups is 2. The number of carbonyl (C=O) groups excluding carboxylic acids is 1. The number of aryl methyl sites for hydroxylation is 1. The number of urea groups is 1. The molecule has 1 aromatic carbocycles. The topological polar surface area (TPSA) is 99.4 Å². The second-order valence-electron chi connectivity index (χ2n) is 6.80. The molecule has 7 nitrogen and oxygen atoms in total. The quantitative estimate of drug-likeness (QED) is 0.637. The zero-order chi connectivity index (χ0) is 18.5. The Morgan fingerprint density at radius 2 is 2.00 bits per heavy atom. The van der Waals surface area contributed by atoms with Crippen molar-refractivity contribution in [2.45, 2.75) is 50.8 Å². The van der Waals surface area contributed by atoms with Crippen molar-refractivity contribution in [1.82, 2.24) is 15.1 Å².